The Morgan fingerprint density at radius 3 is 2.38 bits per heavy atom. The summed E-state index contributed by atoms with van der Waals surface area (Å²) in [6.45, 7) is 5.87. The van der Waals surface area contributed by atoms with Crippen LogP contribution >= 0.6 is 0 Å². The van der Waals surface area contributed by atoms with Gasteiger partial charge in [0.25, 0.3) is 5.69 Å². The van der Waals surface area contributed by atoms with Crippen LogP contribution in [-0.4, -0.2) is 4.92 Å². The van der Waals surface area contributed by atoms with Gasteiger partial charge in [0.15, 0.2) is 0 Å². The molecule has 0 aliphatic carbocycles. The fourth-order valence-corrected chi connectivity index (χ4v) is 1.16. The van der Waals surface area contributed by atoms with Crippen LogP contribution in [0.25, 0.3) is 0 Å². The smallest absolute Gasteiger partial charge is 0.258 e. The Bertz CT molecular complexity index is 290. The van der Waals surface area contributed by atoms with Gasteiger partial charge in [-0.1, -0.05) is 26.0 Å². The predicted octanol–water partition coefficient (Wildman–Crippen LogP) is 2.61. The minimum absolute atomic E-state index is 0.139. The van der Waals surface area contributed by atoms with Gasteiger partial charge in [0.1, 0.15) is 0 Å². The first-order valence-corrected chi connectivity index (χ1v) is 4.16. The summed E-state index contributed by atoms with van der Waals surface area (Å²) in [6.07, 6.45) is 0.859. The molecule has 0 aliphatic heterocycles. The highest BCUT2D eigenvalue weighted by molar-refractivity contribution is 5.32. The molecule has 3 nitrogen and oxygen atoms in total. The van der Waals surface area contributed by atoms with Gasteiger partial charge in [-0.15, -0.1) is 0 Å². The first-order valence-electron chi connectivity index (χ1n) is 4.16. The van der Waals surface area contributed by atoms with Crippen molar-refractivity contribution in [2.45, 2.75) is 13.3 Å². The Morgan fingerprint density at radius 2 is 2.00 bits per heavy atom. The maximum atomic E-state index is 10.3. The molecule has 0 spiro atoms. The van der Waals surface area contributed by atoms with Gasteiger partial charge in [-0.3, -0.25) is 10.1 Å². The Labute approximate surface area is 77.5 Å². The molecule has 1 atom stereocenters. The molecule has 13 heavy (non-hydrogen) atoms. The van der Waals surface area contributed by atoms with E-state index in [2.05, 4.69) is 6.92 Å². The second kappa shape index (κ2) is 4.03. The van der Waals surface area contributed by atoms with E-state index >= 15 is 0 Å². The molecule has 0 aromatic heterocycles. The average molecular weight is 178 g/mol. The van der Waals surface area contributed by atoms with E-state index in [1.54, 1.807) is 12.1 Å². The summed E-state index contributed by atoms with van der Waals surface area (Å²) in [5.41, 5.74) is 1.23. The first kappa shape index (κ1) is 9.71. The third-order valence-electron chi connectivity index (χ3n) is 1.73. The fraction of sp³-hybridized carbons (Fsp3) is 0.300. The van der Waals surface area contributed by atoms with Crippen LogP contribution in [0.4, 0.5) is 5.69 Å². The Kier molecular flexibility index (Phi) is 3.01. The molecule has 1 aromatic carbocycles. The molecule has 0 N–H and O–H groups in total. The SMILES string of the molecule is [CH2]C(C)Cc1ccc([N+](=O)[O-])cc1. The lowest BCUT2D eigenvalue weighted by atomic mass is 10.0. The number of hydrogen-bond donors (Lipinski definition) is 0. The number of hydrogen-bond acceptors (Lipinski definition) is 2. The number of benzene rings is 1. The number of non-ortho nitro benzene ring substituents is 1. The van der Waals surface area contributed by atoms with Crippen LogP contribution in [0, 0.1) is 23.0 Å². The molecule has 0 bridgehead atoms. The minimum atomic E-state index is -0.391. The molecule has 1 aromatic rings. The van der Waals surface area contributed by atoms with Crippen molar-refractivity contribution in [1.82, 2.24) is 0 Å². The van der Waals surface area contributed by atoms with Crippen LogP contribution in [0.3, 0.4) is 0 Å². The molecule has 0 aliphatic rings. The van der Waals surface area contributed by atoms with Gasteiger partial charge in [-0.2, -0.15) is 0 Å². The molecule has 1 unspecified atom stereocenters. The van der Waals surface area contributed by atoms with Gasteiger partial charge in [-0.05, 0) is 17.9 Å². The van der Waals surface area contributed by atoms with Crippen LogP contribution < -0.4 is 0 Å². The highest BCUT2D eigenvalue weighted by Gasteiger charge is 2.04. The van der Waals surface area contributed by atoms with Crippen molar-refractivity contribution in [2.24, 2.45) is 5.92 Å². The van der Waals surface area contributed by atoms with E-state index < -0.39 is 4.92 Å². The van der Waals surface area contributed by atoms with Crippen molar-refractivity contribution < 1.29 is 4.92 Å². The number of nitro benzene ring substituents is 1. The molecule has 1 rings (SSSR count). The lowest BCUT2D eigenvalue weighted by Gasteiger charge is -2.03. The van der Waals surface area contributed by atoms with Crippen LogP contribution in [0.5, 0.6) is 0 Å². The van der Waals surface area contributed by atoms with E-state index in [-0.39, 0.29) is 5.69 Å². The van der Waals surface area contributed by atoms with Crippen molar-refractivity contribution in [2.75, 3.05) is 0 Å². The Balaban J connectivity index is 2.75. The third-order valence-corrected chi connectivity index (χ3v) is 1.73. The molecule has 3 heteroatoms. The predicted molar refractivity (Wildman–Crippen MR) is 51.3 cm³/mol. The molecule has 1 radical (unpaired) electrons. The van der Waals surface area contributed by atoms with E-state index in [0.717, 1.165) is 12.0 Å². The van der Waals surface area contributed by atoms with Crippen molar-refractivity contribution in [3.05, 3.63) is 46.9 Å². The minimum Gasteiger partial charge on any atom is -0.258 e. The molecule has 69 valence electrons. The second-order valence-electron chi connectivity index (χ2n) is 3.23. The zero-order valence-corrected chi connectivity index (χ0v) is 7.56. The topological polar surface area (TPSA) is 43.1 Å². The first-order chi connectivity index (χ1) is 6.09. The molecule has 0 saturated heterocycles. The van der Waals surface area contributed by atoms with Crippen molar-refractivity contribution in [3.8, 4) is 0 Å². The van der Waals surface area contributed by atoms with Crippen LogP contribution in [0.2, 0.25) is 0 Å². The quantitative estimate of drug-likeness (QED) is 0.527. The molecular formula is C10H12NO2. The highest BCUT2D eigenvalue weighted by Crippen LogP contribution is 2.14. The van der Waals surface area contributed by atoms with Gasteiger partial charge >= 0.3 is 0 Å². The fourth-order valence-electron chi connectivity index (χ4n) is 1.16. The summed E-state index contributed by atoms with van der Waals surface area (Å²) < 4.78 is 0. The highest BCUT2D eigenvalue weighted by atomic mass is 16.6. The lowest BCUT2D eigenvalue weighted by molar-refractivity contribution is -0.384. The maximum absolute atomic E-state index is 10.3. The molecule has 0 fully saturated rings. The summed E-state index contributed by atoms with van der Waals surface area (Å²) in [7, 11) is 0. The number of rotatable bonds is 3. The van der Waals surface area contributed by atoms with Crippen LogP contribution in [0.15, 0.2) is 24.3 Å². The van der Waals surface area contributed by atoms with E-state index in [0.29, 0.717) is 5.92 Å². The summed E-state index contributed by atoms with van der Waals surface area (Å²) in [4.78, 5) is 9.94. The van der Waals surface area contributed by atoms with Gasteiger partial charge in [0.05, 0.1) is 4.92 Å². The van der Waals surface area contributed by atoms with Crippen LogP contribution in [-0.2, 0) is 6.42 Å². The van der Waals surface area contributed by atoms with E-state index in [1.807, 2.05) is 6.92 Å². The van der Waals surface area contributed by atoms with Gasteiger partial charge in [0, 0.05) is 12.1 Å². The van der Waals surface area contributed by atoms with Crippen molar-refractivity contribution in [3.63, 3.8) is 0 Å². The molecule has 0 heterocycles. The zero-order valence-electron chi connectivity index (χ0n) is 7.56. The normalized spacial score (nSPS) is 10.4. The van der Waals surface area contributed by atoms with E-state index in [4.69, 9.17) is 0 Å². The monoisotopic (exact) mass is 178 g/mol. The summed E-state index contributed by atoms with van der Waals surface area (Å²) in [5, 5.41) is 10.3. The number of nitro groups is 1. The second-order valence-corrected chi connectivity index (χ2v) is 3.23. The summed E-state index contributed by atoms with van der Waals surface area (Å²) in [5.74, 6) is 0.335. The van der Waals surface area contributed by atoms with Gasteiger partial charge < -0.3 is 0 Å². The largest absolute Gasteiger partial charge is 0.269 e. The molecular weight excluding hydrogens is 166 g/mol. The van der Waals surface area contributed by atoms with Gasteiger partial charge in [0.2, 0.25) is 0 Å². The summed E-state index contributed by atoms with van der Waals surface area (Å²) >= 11 is 0. The Hall–Kier alpha value is -1.38. The average Bonchev–Trinajstić information content (AvgIpc) is 2.04. The van der Waals surface area contributed by atoms with E-state index in [9.17, 15) is 10.1 Å². The molecule has 0 amide bonds. The maximum Gasteiger partial charge on any atom is 0.269 e. The van der Waals surface area contributed by atoms with Gasteiger partial charge in [-0.25, -0.2) is 0 Å². The van der Waals surface area contributed by atoms with Crippen molar-refractivity contribution >= 4 is 5.69 Å². The van der Waals surface area contributed by atoms with Crippen molar-refractivity contribution in [1.29, 1.82) is 0 Å². The zero-order chi connectivity index (χ0) is 9.84. The Morgan fingerprint density at radius 1 is 1.46 bits per heavy atom. The summed E-state index contributed by atoms with van der Waals surface area (Å²) in [6, 6.07) is 6.61. The third kappa shape index (κ3) is 2.86. The van der Waals surface area contributed by atoms with Crippen LogP contribution in [0.1, 0.15) is 12.5 Å². The lowest BCUT2D eigenvalue weighted by Crippen LogP contribution is -1.94. The van der Waals surface area contributed by atoms with E-state index in [1.165, 1.54) is 12.1 Å². The number of nitrogens with zero attached hydrogens (tertiary/aromatic N) is 1. The standard InChI is InChI=1S/C10H12NO2/c1-8(2)7-9-3-5-10(6-4-9)11(12)13/h3-6,8H,1,7H2,2H3. The molecule has 0 saturated carbocycles.